The van der Waals surface area contributed by atoms with Gasteiger partial charge in [-0.25, -0.2) is 4.79 Å². The average molecular weight is 316 g/mol. The van der Waals surface area contributed by atoms with Gasteiger partial charge >= 0.3 is 6.09 Å². The number of piperidine rings is 1. The van der Waals surface area contributed by atoms with E-state index in [2.05, 4.69) is 36.5 Å². The lowest BCUT2D eigenvalue weighted by Gasteiger charge is -2.38. The fourth-order valence-corrected chi connectivity index (χ4v) is 3.39. The summed E-state index contributed by atoms with van der Waals surface area (Å²) in [6, 6.07) is 8.46. The molecule has 1 spiro atoms. The van der Waals surface area contributed by atoms with Crippen LogP contribution < -0.4 is 5.32 Å². The number of aryl methyl sites for hydroxylation is 2. The number of rotatable bonds is 4. The molecular formula is C18H24N2O3. The van der Waals surface area contributed by atoms with E-state index in [0.717, 1.165) is 32.2 Å². The Morgan fingerprint density at radius 3 is 2.70 bits per heavy atom. The Labute approximate surface area is 137 Å². The van der Waals surface area contributed by atoms with E-state index in [1.165, 1.54) is 11.1 Å². The van der Waals surface area contributed by atoms with Crippen LogP contribution in [0.5, 0.6) is 0 Å². The van der Waals surface area contributed by atoms with Gasteiger partial charge in [0.2, 0.25) is 5.91 Å². The molecule has 124 valence electrons. The minimum atomic E-state index is -0.506. The van der Waals surface area contributed by atoms with Gasteiger partial charge in [0, 0.05) is 13.0 Å². The lowest BCUT2D eigenvalue weighted by Crippen LogP contribution is -2.52. The molecule has 2 aliphatic rings. The van der Waals surface area contributed by atoms with Crippen molar-refractivity contribution < 1.29 is 14.3 Å². The molecule has 1 aromatic carbocycles. The van der Waals surface area contributed by atoms with Crippen molar-refractivity contribution in [2.24, 2.45) is 0 Å². The van der Waals surface area contributed by atoms with Crippen LogP contribution in [0.1, 0.15) is 37.3 Å². The molecule has 2 fully saturated rings. The highest BCUT2D eigenvalue weighted by Crippen LogP contribution is 2.28. The third kappa shape index (κ3) is 3.66. The normalized spacial score (nSPS) is 23.7. The third-order valence-electron chi connectivity index (χ3n) is 4.82. The first-order chi connectivity index (χ1) is 11.1. The number of hydrogen-bond donors (Lipinski definition) is 1. The molecule has 0 aromatic heterocycles. The van der Waals surface area contributed by atoms with E-state index in [9.17, 15) is 9.59 Å². The maximum atomic E-state index is 12.5. The molecule has 2 aliphatic heterocycles. The minimum Gasteiger partial charge on any atom is -0.439 e. The lowest BCUT2D eigenvalue weighted by atomic mass is 9.92. The van der Waals surface area contributed by atoms with Gasteiger partial charge in [-0.1, -0.05) is 31.2 Å². The van der Waals surface area contributed by atoms with Gasteiger partial charge < -0.3 is 15.0 Å². The van der Waals surface area contributed by atoms with E-state index < -0.39 is 5.60 Å². The summed E-state index contributed by atoms with van der Waals surface area (Å²) in [6.07, 6.45) is 3.63. The van der Waals surface area contributed by atoms with Crippen molar-refractivity contribution >= 4 is 12.0 Å². The van der Waals surface area contributed by atoms with Crippen molar-refractivity contribution in [1.82, 2.24) is 10.2 Å². The van der Waals surface area contributed by atoms with E-state index in [4.69, 9.17) is 4.74 Å². The second-order valence-electron chi connectivity index (χ2n) is 6.51. The number of amides is 2. The first-order valence-electron chi connectivity index (χ1n) is 8.43. The topological polar surface area (TPSA) is 58.6 Å². The molecule has 0 bridgehead atoms. The van der Waals surface area contributed by atoms with Gasteiger partial charge in [0.05, 0.1) is 13.1 Å². The molecule has 0 saturated carbocycles. The van der Waals surface area contributed by atoms with E-state index in [-0.39, 0.29) is 12.0 Å². The van der Waals surface area contributed by atoms with E-state index in [0.29, 0.717) is 19.5 Å². The lowest BCUT2D eigenvalue weighted by molar-refractivity contribution is -0.136. The zero-order valence-corrected chi connectivity index (χ0v) is 13.6. The number of hydrogen-bond acceptors (Lipinski definition) is 3. The van der Waals surface area contributed by atoms with Gasteiger partial charge in [-0.15, -0.1) is 0 Å². The first kappa shape index (κ1) is 15.8. The van der Waals surface area contributed by atoms with Gasteiger partial charge in [0.15, 0.2) is 0 Å². The Morgan fingerprint density at radius 2 is 2.04 bits per heavy atom. The van der Waals surface area contributed by atoms with Crippen LogP contribution in [0.25, 0.3) is 0 Å². The molecule has 1 aromatic rings. The third-order valence-corrected chi connectivity index (χ3v) is 4.82. The fraction of sp³-hybridized carbons (Fsp3) is 0.556. The van der Waals surface area contributed by atoms with Gasteiger partial charge in [0.1, 0.15) is 5.60 Å². The summed E-state index contributed by atoms with van der Waals surface area (Å²) < 4.78 is 5.41. The first-order valence-corrected chi connectivity index (χ1v) is 8.43. The van der Waals surface area contributed by atoms with Crippen molar-refractivity contribution in [1.29, 1.82) is 0 Å². The highest BCUT2D eigenvalue weighted by atomic mass is 16.6. The van der Waals surface area contributed by atoms with Crippen molar-refractivity contribution in [3.05, 3.63) is 35.4 Å². The van der Waals surface area contributed by atoms with Gasteiger partial charge in [-0.2, -0.15) is 0 Å². The number of likely N-dealkylation sites (tertiary alicyclic amines) is 1. The van der Waals surface area contributed by atoms with Crippen LogP contribution in [0.15, 0.2) is 24.3 Å². The van der Waals surface area contributed by atoms with Crippen molar-refractivity contribution in [3.8, 4) is 0 Å². The quantitative estimate of drug-likeness (QED) is 0.927. The van der Waals surface area contributed by atoms with E-state index >= 15 is 0 Å². The summed E-state index contributed by atoms with van der Waals surface area (Å²) in [5, 5.41) is 2.71. The van der Waals surface area contributed by atoms with Crippen molar-refractivity contribution in [3.63, 3.8) is 0 Å². The minimum absolute atomic E-state index is 0.145. The molecule has 5 nitrogen and oxygen atoms in total. The SMILES string of the molecule is CCc1ccc(CCC(=O)N2CCC[C@@]3(CNC(=O)O3)C2)cc1. The molecule has 0 unspecified atom stereocenters. The van der Waals surface area contributed by atoms with Crippen LogP contribution in [-0.4, -0.2) is 42.1 Å². The van der Waals surface area contributed by atoms with Crippen LogP contribution in [-0.2, 0) is 22.4 Å². The highest BCUT2D eigenvalue weighted by Gasteiger charge is 2.44. The molecule has 0 aliphatic carbocycles. The molecule has 1 atom stereocenters. The molecule has 23 heavy (non-hydrogen) atoms. The summed E-state index contributed by atoms with van der Waals surface area (Å²) in [5.41, 5.74) is 2.00. The van der Waals surface area contributed by atoms with Gasteiger partial charge in [0.25, 0.3) is 0 Å². The van der Waals surface area contributed by atoms with Crippen LogP contribution in [0.3, 0.4) is 0 Å². The van der Waals surface area contributed by atoms with Crippen LogP contribution >= 0.6 is 0 Å². The zero-order chi connectivity index (χ0) is 16.3. The maximum Gasteiger partial charge on any atom is 0.407 e. The van der Waals surface area contributed by atoms with Crippen LogP contribution in [0.2, 0.25) is 0 Å². The molecule has 2 saturated heterocycles. The van der Waals surface area contributed by atoms with Crippen LogP contribution in [0, 0.1) is 0 Å². The Morgan fingerprint density at radius 1 is 1.30 bits per heavy atom. The smallest absolute Gasteiger partial charge is 0.407 e. The number of nitrogens with zero attached hydrogens (tertiary/aromatic N) is 1. The molecule has 3 rings (SSSR count). The number of ether oxygens (including phenoxy) is 1. The molecule has 0 radical (unpaired) electrons. The summed E-state index contributed by atoms with van der Waals surface area (Å²) >= 11 is 0. The second-order valence-corrected chi connectivity index (χ2v) is 6.51. The number of carbonyl (C=O) groups excluding carboxylic acids is 2. The van der Waals surface area contributed by atoms with E-state index in [1.807, 2.05) is 4.90 Å². The Balaban J connectivity index is 1.54. The number of benzene rings is 1. The Bertz CT molecular complexity index is 584. The summed E-state index contributed by atoms with van der Waals surface area (Å²) in [6.45, 7) is 3.91. The standard InChI is InChI=1S/C18H24N2O3/c1-2-14-4-6-15(7-5-14)8-9-16(21)20-11-3-10-18(13-20)12-19-17(22)23-18/h4-7H,2-3,8-13H2,1H3,(H,19,22)/t18-/m1/s1. The summed E-state index contributed by atoms with van der Waals surface area (Å²) in [4.78, 5) is 25.7. The van der Waals surface area contributed by atoms with Gasteiger partial charge in [-0.3, -0.25) is 4.79 Å². The van der Waals surface area contributed by atoms with Crippen molar-refractivity contribution in [2.75, 3.05) is 19.6 Å². The Hall–Kier alpha value is -2.04. The monoisotopic (exact) mass is 316 g/mol. The maximum absolute atomic E-state index is 12.5. The molecule has 2 heterocycles. The second kappa shape index (κ2) is 6.60. The highest BCUT2D eigenvalue weighted by molar-refractivity contribution is 5.77. The van der Waals surface area contributed by atoms with E-state index in [1.54, 1.807) is 0 Å². The molecule has 2 amide bonds. The van der Waals surface area contributed by atoms with Crippen molar-refractivity contribution in [2.45, 2.75) is 44.6 Å². The predicted octanol–water partition coefficient (Wildman–Crippen LogP) is 2.28. The fourth-order valence-electron chi connectivity index (χ4n) is 3.39. The molecule has 5 heteroatoms. The molecular weight excluding hydrogens is 292 g/mol. The van der Waals surface area contributed by atoms with Crippen LogP contribution in [0.4, 0.5) is 4.79 Å². The largest absolute Gasteiger partial charge is 0.439 e. The average Bonchev–Trinajstić information content (AvgIpc) is 2.93. The summed E-state index contributed by atoms with van der Waals surface area (Å²) in [7, 11) is 0. The molecule has 1 N–H and O–H groups in total. The number of alkyl carbamates (subject to hydrolysis) is 1. The Kier molecular flexibility index (Phi) is 4.55. The van der Waals surface area contributed by atoms with Gasteiger partial charge in [-0.05, 0) is 36.8 Å². The summed E-state index contributed by atoms with van der Waals surface area (Å²) in [5.74, 6) is 0.145. The number of nitrogens with one attached hydrogen (secondary N) is 1. The predicted molar refractivity (Wildman–Crippen MR) is 87.2 cm³/mol. The zero-order valence-electron chi connectivity index (χ0n) is 13.6. The number of carbonyl (C=O) groups is 2.